The zero-order chi connectivity index (χ0) is 20.4. The predicted molar refractivity (Wildman–Crippen MR) is 103 cm³/mol. The highest BCUT2D eigenvalue weighted by Gasteiger charge is 2.17. The van der Waals surface area contributed by atoms with Crippen molar-refractivity contribution in [2.24, 2.45) is 5.73 Å². The third kappa shape index (κ3) is 3.72. The first-order chi connectivity index (χ1) is 14.0. The molecule has 0 aliphatic rings. The van der Waals surface area contributed by atoms with Crippen molar-refractivity contribution in [1.82, 2.24) is 29.8 Å². The summed E-state index contributed by atoms with van der Waals surface area (Å²) in [6.45, 7) is 2.27. The number of halogens is 1. The summed E-state index contributed by atoms with van der Waals surface area (Å²) in [5, 5.41) is 11.2. The second-order valence-corrected chi connectivity index (χ2v) is 6.25. The van der Waals surface area contributed by atoms with Gasteiger partial charge in [-0.2, -0.15) is 9.97 Å². The maximum absolute atomic E-state index is 13.4. The number of carbonyl (C=O) groups excluding carboxylic acids is 1. The molecule has 0 radical (unpaired) electrons. The van der Waals surface area contributed by atoms with Crippen molar-refractivity contribution < 1.29 is 9.18 Å². The lowest BCUT2D eigenvalue weighted by Gasteiger charge is -2.08. The second kappa shape index (κ2) is 7.58. The number of anilines is 1. The molecular weight excluding hydrogens is 375 g/mol. The number of primary amides is 1. The fraction of sp³-hybridized carbons (Fsp3) is 0.158. The molecular formula is C19H17FN8O. The highest BCUT2D eigenvalue weighted by Crippen LogP contribution is 2.21. The van der Waals surface area contributed by atoms with Crippen molar-refractivity contribution >= 4 is 17.4 Å². The van der Waals surface area contributed by atoms with Crippen LogP contribution < -0.4 is 11.1 Å². The number of pyridine rings is 1. The fourth-order valence-corrected chi connectivity index (χ4v) is 2.85. The molecule has 10 heteroatoms. The van der Waals surface area contributed by atoms with Crippen LogP contribution in [0.4, 0.5) is 10.3 Å². The Morgan fingerprint density at radius 2 is 2.00 bits per heavy atom. The number of hydrogen-bond acceptors (Lipinski definition) is 7. The summed E-state index contributed by atoms with van der Waals surface area (Å²) < 4.78 is 14.7. The lowest BCUT2D eigenvalue weighted by Crippen LogP contribution is -2.15. The van der Waals surface area contributed by atoms with Crippen LogP contribution in [0.3, 0.4) is 0 Å². The Labute approximate surface area is 164 Å². The van der Waals surface area contributed by atoms with Gasteiger partial charge in [-0.15, -0.1) is 5.10 Å². The summed E-state index contributed by atoms with van der Waals surface area (Å²) in [6, 6.07) is 11.3. The molecule has 29 heavy (non-hydrogen) atoms. The van der Waals surface area contributed by atoms with E-state index in [9.17, 15) is 9.18 Å². The van der Waals surface area contributed by atoms with Crippen molar-refractivity contribution in [2.75, 3.05) is 5.32 Å². The Hall–Kier alpha value is -3.95. The summed E-state index contributed by atoms with van der Waals surface area (Å²) in [5.74, 6) is 0.285. The Balaban J connectivity index is 1.71. The van der Waals surface area contributed by atoms with Gasteiger partial charge in [0.05, 0.1) is 5.52 Å². The molecule has 0 atom stereocenters. The minimum Gasteiger partial charge on any atom is -0.364 e. The molecule has 3 heterocycles. The Kier molecular flexibility index (Phi) is 4.82. The quantitative estimate of drug-likeness (QED) is 0.514. The van der Waals surface area contributed by atoms with Gasteiger partial charge in [0, 0.05) is 13.0 Å². The first kappa shape index (κ1) is 18.4. The van der Waals surface area contributed by atoms with E-state index in [4.69, 9.17) is 5.73 Å². The number of aryl methyl sites for hydroxylation is 1. The number of nitrogens with one attached hydrogen (secondary N) is 1. The van der Waals surface area contributed by atoms with Gasteiger partial charge >= 0.3 is 0 Å². The summed E-state index contributed by atoms with van der Waals surface area (Å²) in [5.41, 5.74) is 7.31. The number of nitrogens with two attached hydrogens (primary N) is 1. The number of benzene rings is 1. The van der Waals surface area contributed by atoms with Crippen LogP contribution in [0.1, 0.15) is 28.8 Å². The smallest absolute Gasteiger partial charge is 0.267 e. The Morgan fingerprint density at radius 3 is 2.76 bits per heavy atom. The topological polar surface area (TPSA) is 124 Å². The zero-order valence-electron chi connectivity index (χ0n) is 15.5. The van der Waals surface area contributed by atoms with Gasteiger partial charge in [-0.3, -0.25) is 4.79 Å². The molecule has 0 aliphatic carbocycles. The number of aromatic nitrogens is 6. The summed E-state index contributed by atoms with van der Waals surface area (Å²) in [7, 11) is 0. The van der Waals surface area contributed by atoms with E-state index in [1.807, 2.05) is 6.92 Å². The molecule has 0 spiro atoms. The minimum atomic E-state index is -0.616. The number of fused-ring (bicyclic) bond motifs is 1. The number of hydrogen-bond donors (Lipinski definition) is 2. The number of carbonyl (C=O) groups is 1. The molecule has 0 fully saturated rings. The monoisotopic (exact) mass is 392 g/mol. The van der Waals surface area contributed by atoms with Crippen molar-refractivity contribution in [3.63, 3.8) is 0 Å². The summed E-state index contributed by atoms with van der Waals surface area (Å²) in [4.78, 5) is 24.8. The van der Waals surface area contributed by atoms with Gasteiger partial charge < -0.3 is 11.1 Å². The van der Waals surface area contributed by atoms with Gasteiger partial charge in [-0.1, -0.05) is 30.3 Å². The standard InChI is InChI=1S/C19H17FN8O/c1-2-15-23-18(16-13-7-4-8-14(17(21)29)28(13)27-26-16)25-19(24-15)22-10-11-5-3-6-12(20)9-11/h3-9H,2,10H2,1H3,(H2,21,29)(H,22,23,24,25). The van der Waals surface area contributed by atoms with Crippen LogP contribution in [0, 0.1) is 5.82 Å². The first-order valence-corrected chi connectivity index (χ1v) is 8.93. The van der Waals surface area contributed by atoms with Crippen LogP contribution in [0.15, 0.2) is 42.5 Å². The highest BCUT2D eigenvalue weighted by atomic mass is 19.1. The largest absolute Gasteiger partial charge is 0.364 e. The third-order valence-corrected chi connectivity index (χ3v) is 4.24. The average Bonchev–Trinajstić information content (AvgIpc) is 3.16. The maximum atomic E-state index is 13.4. The number of nitrogens with zero attached hydrogens (tertiary/aromatic N) is 6. The molecule has 4 rings (SSSR count). The van der Waals surface area contributed by atoms with Gasteiger partial charge in [0.15, 0.2) is 11.5 Å². The van der Waals surface area contributed by atoms with Gasteiger partial charge in [0.1, 0.15) is 17.3 Å². The Bertz CT molecular complexity index is 1210. The molecule has 146 valence electrons. The maximum Gasteiger partial charge on any atom is 0.267 e. The van der Waals surface area contributed by atoms with Crippen molar-refractivity contribution in [3.8, 4) is 11.5 Å². The third-order valence-electron chi connectivity index (χ3n) is 4.24. The molecule has 0 unspecified atom stereocenters. The first-order valence-electron chi connectivity index (χ1n) is 8.93. The van der Waals surface area contributed by atoms with E-state index in [1.165, 1.54) is 16.6 Å². The highest BCUT2D eigenvalue weighted by molar-refractivity contribution is 5.92. The normalized spacial score (nSPS) is 11.0. The summed E-state index contributed by atoms with van der Waals surface area (Å²) >= 11 is 0. The average molecular weight is 392 g/mol. The molecule has 0 saturated carbocycles. The molecule has 3 aromatic heterocycles. The van der Waals surface area contributed by atoms with Gasteiger partial charge in [-0.05, 0) is 29.8 Å². The second-order valence-electron chi connectivity index (χ2n) is 6.25. The molecule has 3 N–H and O–H groups in total. The van der Waals surface area contributed by atoms with E-state index >= 15 is 0 Å². The van der Waals surface area contributed by atoms with Crippen LogP contribution in [0.5, 0.6) is 0 Å². The van der Waals surface area contributed by atoms with Gasteiger partial charge in [0.25, 0.3) is 5.91 Å². The van der Waals surface area contributed by atoms with Crippen LogP contribution in [0.2, 0.25) is 0 Å². The summed E-state index contributed by atoms with van der Waals surface area (Å²) in [6.07, 6.45) is 0.579. The molecule has 0 saturated heterocycles. The van der Waals surface area contributed by atoms with E-state index in [-0.39, 0.29) is 11.5 Å². The van der Waals surface area contributed by atoms with Crippen LogP contribution in [0.25, 0.3) is 17.0 Å². The van der Waals surface area contributed by atoms with Crippen molar-refractivity contribution in [3.05, 3.63) is 65.4 Å². The number of rotatable bonds is 6. The zero-order valence-corrected chi connectivity index (χ0v) is 15.5. The SMILES string of the molecule is CCc1nc(NCc2cccc(F)c2)nc(-c2nnn3c(C(N)=O)cccc23)n1. The van der Waals surface area contributed by atoms with Crippen LogP contribution in [-0.4, -0.2) is 35.7 Å². The van der Waals surface area contributed by atoms with E-state index in [0.717, 1.165) is 5.56 Å². The van der Waals surface area contributed by atoms with E-state index in [1.54, 1.807) is 30.3 Å². The lowest BCUT2D eigenvalue weighted by atomic mass is 10.2. The minimum absolute atomic E-state index is 0.204. The van der Waals surface area contributed by atoms with Gasteiger partial charge in [-0.25, -0.2) is 13.9 Å². The molecule has 4 aromatic rings. The molecule has 1 aromatic carbocycles. The lowest BCUT2D eigenvalue weighted by molar-refractivity contribution is 0.0993. The van der Waals surface area contributed by atoms with Crippen molar-refractivity contribution in [2.45, 2.75) is 19.9 Å². The van der Waals surface area contributed by atoms with Crippen LogP contribution in [-0.2, 0) is 13.0 Å². The predicted octanol–water partition coefficient (Wildman–Crippen LogP) is 1.99. The van der Waals surface area contributed by atoms with E-state index in [2.05, 4.69) is 30.6 Å². The molecule has 9 nitrogen and oxygen atoms in total. The Morgan fingerprint density at radius 1 is 1.17 bits per heavy atom. The van der Waals surface area contributed by atoms with Crippen LogP contribution >= 0.6 is 0 Å². The fourth-order valence-electron chi connectivity index (χ4n) is 2.85. The van der Waals surface area contributed by atoms with E-state index in [0.29, 0.717) is 41.8 Å². The number of amides is 1. The molecule has 0 bridgehead atoms. The van der Waals surface area contributed by atoms with Gasteiger partial charge in [0.2, 0.25) is 5.95 Å². The molecule has 0 aliphatic heterocycles. The van der Waals surface area contributed by atoms with Crippen molar-refractivity contribution in [1.29, 1.82) is 0 Å². The van der Waals surface area contributed by atoms with E-state index < -0.39 is 5.91 Å². The molecule has 1 amide bonds.